The van der Waals surface area contributed by atoms with Crippen LogP contribution in [-0.4, -0.2) is 29.9 Å². The van der Waals surface area contributed by atoms with E-state index < -0.39 is 5.97 Å². The molecule has 3 rings (SSSR count). The van der Waals surface area contributed by atoms with E-state index in [-0.39, 0.29) is 18.2 Å². The molecule has 1 unspecified atom stereocenters. The molecule has 6 nitrogen and oxygen atoms in total. The van der Waals surface area contributed by atoms with E-state index in [1.54, 1.807) is 26.2 Å². The summed E-state index contributed by atoms with van der Waals surface area (Å²) in [5.41, 5.74) is 3.42. The number of nitriles is 1. The van der Waals surface area contributed by atoms with Crippen LogP contribution >= 0.6 is 0 Å². The Kier molecular flexibility index (Phi) is 5.53. The maximum atomic E-state index is 12.0. The Balaban J connectivity index is 2.06. The summed E-state index contributed by atoms with van der Waals surface area (Å²) in [4.78, 5) is 12.0. The number of methoxy groups -OCH3 is 1. The molecule has 1 aromatic heterocycles. The average Bonchev–Trinajstić information content (AvgIpc) is 3.19. The van der Waals surface area contributed by atoms with Gasteiger partial charge in [0.05, 0.1) is 31.3 Å². The van der Waals surface area contributed by atoms with E-state index in [0.717, 1.165) is 22.6 Å². The summed E-state index contributed by atoms with van der Waals surface area (Å²) in [6, 6.07) is 18.9. The molecule has 0 saturated heterocycles. The molecule has 1 N–H and O–H groups in total. The Hall–Kier alpha value is -3.59. The summed E-state index contributed by atoms with van der Waals surface area (Å²) >= 11 is 0. The summed E-state index contributed by atoms with van der Waals surface area (Å²) in [5.74, 6) is 0.0549. The summed E-state index contributed by atoms with van der Waals surface area (Å²) in [7, 11) is 1.61. The van der Waals surface area contributed by atoms with Crippen molar-refractivity contribution in [3.8, 4) is 11.8 Å². The van der Waals surface area contributed by atoms with Crippen molar-refractivity contribution in [2.24, 2.45) is 0 Å². The zero-order valence-corrected chi connectivity index (χ0v) is 15.1. The number of aromatic nitrogens is 2. The van der Waals surface area contributed by atoms with Crippen LogP contribution in [0, 0.1) is 11.3 Å². The first kappa shape index (κ1) is 18.2. The van der Waals surface area contributed by atoms with Gasteiger partial charge in [-0.1, -0.05) is 24.3 Å². The highest BCUT2D eigenvalue weighted by Crippen LogP contribution is 2.32. The second-order valence-corrected chi connectivity index (χ2v) is 5.87. The number of carbonyl (C=O) groups excluding carboxylic acids is 1. The molecule has 27 heavy (non-hydrogen) atoms. The first-order valence-electron chi connectivity index (χ1n) is 8.52. The molecule has 0 amide bonds. The quantitative estimate of drug-likeness (QED) is 0.677. The van der Waals surface area contributed by atoms with E-state index in [1.807, 2.05) is 42.5 Å². The van der Waals surface area contributed by atoms with Crippen molar-refractivity contribution in [1.82, 2.24) is 10.2 Å². The lowest BCUT2D eigenvalue weighted by atomic mass is 9.87. The van der Waals surface area contributed by atoms with Crippen molar-refractivity contribution in [2.75, 3.05) is 13.7 Å². The van der Waals surface area contributed by atoms with Crippen molar-refractivity contribution in [1.29, 1.82) is 5.26 Å². The highest BCUT2D eigenvalue weighted by Gasteiger charge is 2.22. The Morgan fingerprint density at radius 1 is 1.19 bits per heavy atom. The second kappa shape index (κ2) is 8.19. The lowest BCUT2D eigenvalue weighted by molar-refractivity contribution is 0.0519. The topological polar surface area (TPSA) is 88.0 Å². The van der Waals surface area contributed by atoms with E-state index in [1.165, 1.54) is 0 Å². The van der Waals surface area contributed by atoms with Gasteiger partial charge in [0.2, 0.25) is 0 Å². The number of esters is 1. The molecule has 136 valence electrons. The summed E-state index contributed by atoms with van der Waals surface area (Å²) in [6.45, 7) is 2.03. The third-order valence-electron chi connectivity index (χ3n) is 4.19. The van der Waals surface area contributed by atoms with Gasteiger partial charge in [-0.15, -0.1) is 0 Å². The van der Waals surface area contributed by atoms with E-state index >= 15 is 0 Å². The first-order valence-corrected chi connectivity index (χ1v) is 8.52. The lowest BCUT2D eigenvalue weighted by Crippen LogP contribution is -2.05. The molecule has 6 heteroatoms. The number of benzene rings is 2. The number of hydrogen-bond donors (Lipinski definition) is 1. The van der Waals surface area contributed by atoms with E-state index in [4.69, 9.17) is 9.47 Å². The third kappa shape index (κ3) is 3.98. The number of nitrogens with one attached hydrogen (secondary N) is 1. The van der Waals surface area contributed by atoms with Crippen LogP contribution in [0.25, 0.3) is 0 Å². The fourth-order valence-corrected chi connectivity index (χ4v) is 2.93. The number of rotatable bonds is 6. The molecule has 1 heterocycles. The lowest BCUT2D eigenvalue weighted by Gasteiger charge is -2.17. The van der Waals surface area contributed by atoms with Gasteiger partial charge in [0.15, 0.2) is 5.69 Å². The molecule has 0 radical (unpaired) electrons. The van der Waals surface area contributed by atoms with E-state index in [0.29, 0.717) is 5.56 Å². The Morgan fingerprint density at radius 3 is 2.63 bits per heavy atom. The number of carbonyl (C=O) groups is 1. The van der Waals surface area contributed by atoms with E-state index in [2.05, 4.69) is 16.3 Å². The van der Waals surface area contributed by atoms with Crippen LogP contribution in [0.2, 0.25) is 0 Å². The number of ether oxygens (including phenoxy) is 2. The van der Waals surface area contributed by atoms with Gasteiger partial charge in [-0.3, -0.25) is 5.10 Å². The molecule has 0 saturated carbocycles. The van der Waals surface area contributed by atoms with Gasteiger partial charge in [-0.2, -0.15) is 10.4 Å². The highest BCUT2D eigenvalue weighted by molar-refractivity contribution is 5.87. The van der Waals surface area contributed by atoms with Gasteiger partial charge in [-0.25, -0.2) is 4.79 Å². The minimum Gasteiger partial charge on any atom is -0.497 e. The van der Waals surface area contributed by atoms with Crippen molar-refractivity contribution in [3.05, 3.63) is 82.7 Å². The standard InChI is InChI=1S/C21H19N3O3/c1-3-27-21(25)19-12-18(23-24-19)20(15-7-9-17(26-2)10-8-15)16-6-4-5-14(11-16)13-22/h4-12,20H,3H2,1-2H3,(H,23,24). The molecular formula is C21H19N3O3. The number of H-pyrrole nitrogens is 1. The molecular weight excluding hydrogens is 342 g/mol. The average molecular weight is 361 g/mol. The minimum absolute atomic E-state index is 0.222. The fourth-order valence-electron chi connectivity index (χ4n) is 2.93. The van der Waals surface area contributed by atoms with Gasteiger partial charge in [0.1, 0.15) is 5.75 Å². The molecule has 0 bridgehead atoms. The van der Waals surface area contributed by atoms with Gasteiger partial charge >= 0.3 is 5.97 Å². The molecule has 2 aromatic carbocycles. The Labute approximate surface area is 157 Å². The molecule has 0 aliphatic carbocycles. The normalized spacial score (nSPS) is 11.4. The second-order valence-electron chi connectivity index (χ2n) is 5.87. The minimum atomic E-state index is -0.473. The monoisotopic (exact) mass is 361 g/mol. The molecule has 1 atom stereocenters. The predicted octanol–water partition coefficient (Wildman–Crippen LogP) is 3.65. The zero-order valence-electron chi connectivity index (χ0n) is 15.1. The maximum Gasteiger partial charge on any atom is 0.358 e. The van der Waals surface area contributed by atoms with Crippen LogP contribution in [0.1, 0.15) is 45.7 Å². The molecule has 0 aliphatic heterocycles. The van der Waals surface area contributed by atoms with Gasteiger partial charge in [-0.05, 0) is 48.4 Å². The van der Waals surface area contributed by atoms with Gasteiger partial charge in [0.25, 0.3) is 0 Å². The first-order chi connectivity index (χ1) is 13.2. The van der Waals surface area contributed by atoms with Crippen LogP contribution in [0.4, 0.5) is 0 Å². The number of aromatic amines is 1. The highest BCUT2D eigenvalue weighted by atomic mass is 16.5. The molecule has 0 spiro atoms. The number of hydrogen-bond acceptors (Lipinski definition) is 5. The van der Waals surface area contributed by atoms with Crippen molar-refractivity contribution < 1.29 is 14.3 Å². The van der Waals surface area contributed by atoms with Crippen LogP contribution < -0.4 is 4.74 Å². The Morgan fingerprint density at radius 2 is 1.96 bits per heavy atom. The molecule has 0 aliphatic rings. The summed E-state index contributed by atoms with van der Waals surface area (Å²) in [5, 5.41) is 16.3. The summed E-state index contributed by atoms with van der Waals surface area (Å²) in [6.07, 6.45) is 0. The van der Waals surface area contributed by atoms with Crippen molar-refractivity contribution >= 4 is 5.97 Å². The molecule has 3 aromatic rings. The fraction of sp³-hybridized carbons (Fsp3) is 0.190. The van der Waals surface area contributed by atoms with Crippen LogP contribution in [0.5, 0.6) is 5.75 Å². The van der Waals surface area contributed by atoms with Gasteiger partial charge in [0, 0.05) is 5.69 Å². The maximum absolute atomic E-state index is 12.0. The van der Waals surface area contributed by atoms with Crippen LogP contribution in [-0.2, 0) is 4.74 Å². The van der Waals surface area contributed by atoms with Crippen molar-refractivity contribution in [2.45, 2.75) is 12.8 Å². The van der Waals surface area contributed by atoms with Crippen LogP contribution in [0.3, 0.4) is 0 Å². The predicted molar refractivity (Wildman–Crippen MR) is 99.6 cm³/mol. The smallest absolute Gasteiger partial charge is 0.358 e. The van der Waals surface area contributed by atoms with Gasteiger partial charge < -0.3 is 9.47 Å². The largest absolute Gasteiger partial charge is 0.497 e. The molecule has 0 fully saturated rings. The van der Waals surface area contributed by atoms with E-state index in [9.17, 15) is 10.1 Å². The third-order valence-corrected chi connectivity index (χ3v) is 4.19. The van der Waals surface area contributed by atoms with Crippen LogP contribution in [0.15, 0.2) is 54.6 Å². The summed E-state index contributed by atoms with van der Waals surface area (Å²) < 4.78 is 10.3. The zero-order chi connectivity index (χ0) is 19.2. The number of nitrogens with zero attached hydrogens (tertiary/aromatic N) is 2. The Bertz CT molecular complexity index is 971. The van der Waals surface area contributed by atoms with Crippen molar-refractivity contribution in [3.63, 3.8) is 0 Å². The SMILES string of the molecule is CCOC(=O)c1cc(C(c2ccc(OC)cc2)c2cccc(C#N)c2)[nH]n1.